The number of carbonyl (C=O) groups is 1. The van der Waals surface area contributed by atoms with E-state index in [0.29, 0.717) is 61.3 Å². The molecule has 0 spiro atoms. The summed E-state index contributed by atoms with van der Waals surface area (Å²) in [4.78, 5) is 47.4. The van der Waals surface area contributed by atoms with E-state index in [1.54, 1.807) is 18.2 Å². The van der Waals surface area contributed by atoms with E-state index in [0.717, 1.165) is 16.8 Å². The molecule has 0 unspecified atom stereocenters. The Morgan fingerprint density at radius 1 is 0.732 bits per heavy atom. The summed E-state index contributed by atoms with van der Waals surface area (Å²) in [7, 11) is 0. The number of nitro benzene ring substituents is 1. The molecule has 14 nitrogen and oxygen atoms in total. The summed E-state index contributed by atoms with van der Waals surface area (Å²) in [5.41, 5.74) is 4.36. The van der Waals surface area contributed by atoms with Gasteiger partial charge in [0.25, 0.3) is 16.8 Å². The monoisotopic (exact) mass is 817 g/mol. The van der Waals surface area contributed by atoms with E-state index in [4.69, 9.17) is 0 Å². The van der Waals surface area contributed by atoms with E-state index in [9.17, 15) is 24.5 Å². The second kappa shape index (κ2) is 15.3. The molecule has 0 saturated heterocycles. The largest absolute Gasteiger partial charge is 0.329 e. The molecule has 3 heterocycles. The van der Waals surface area contributed by atoms with E-state index in [-0.39, 0.29) is 27.6 Å². The topological polar surface area (TPSA) is 183 Å². The van der Waals surface area contributed by atoms with Crippen LogP contribution in [0.3, 0.4) is 0 Å². The first-order chi connectivity index (χ1) is 26.4. The summed E-state index contributed by atoms with van der Waals surface area (Å²) >= 11 is 3.32. The smallest absolute Gasteiger partial charge is 0.279 e. The highest BCUT2D eigenvalue weighted by Crippen LogP contribution is 2.28. The van der Waals surface area contributed by atoms with Gasteiger partial charge in [-0.05, 0) is 93.3 Å². The minimum absolute atomic E-state index is 0.000232. The number of aromatic amines is 1. The number of H-pyrrole nitrogens is 1. The van der Waals surface area contributed by atoms with E-state index >= 15 is 0 Å². The Balaban J connectivity index is 0.000000194. The molecule has 0 atom stereocenters. The third-order valence-electron chi connectivity index (χ3n) is 9.08. The van der Waals surface area contributed by atoms with E-state index in [1.807, 2.05) is 61.5 Å². The highest BCUT2D eigenvalue weighted by Gasteiger charge is 2.18. The Labute approximate surface area is 329 Å². The number of anilines is 3. The highest BCUT2D eigenvalue weighted by molar-refractivity contribution is 9.10. The lowest BCUT2D eigenvalue weighted by Crippen LogP contribution is -2.23. The maximum atomic E-state index is 13.3. The van der Waals surface area contributed by atoms with Crippen LogP contribution in [0.15, 0.2) is 105 Å². The molecule has 286 valence electrons. The molecule has 3 aromatic heterocycles. The van der Waals surface area contributed by atoms with Crippen molar-refractivity contribution in [1.82, 2.24) is 29.8 Å². The van der Waals surface area contributed by atoms with Crippen molar-refractivity contribution in [3.05, 3.63) is 143 Å². The number of benzene rings is 4. The van der Waals surface area contributed by atoms with Crippen molar-refractivity contribution in [2.24, 2.45) is 0 Å². The van der Waals surface area contributed by atoms with Gasteiger partial charge in [0.2, 0.25) is 6.41 Å². The molecule has 15 heteroatoms. The van der Waals surface area contributed by atoms with Gasteiger partial charge < -0.3 is 10.6 Å². The van der Waals surface area contributed by atoms with Crippen LogP contribution in [0.25, 0.3) is 32.9 Å². The number of rotatable bonds is 7. The lowest BCUT2D eigenvalue weighted by Gasteiger charge is -2.19. The molecule has 56 heavy (non-hydrogen) atoms. The van der Waals surface area contributed by atoms with Crippen LogP contribution in [-0.2, 0) is 15.6 Å². The van der Waals surface area contributed by atoms with Crippen LogP contribution in [0.4, 0.5) is 23.0 Å². The molecule has 4 aromatic carbocycles. The number of hydrogen-bond acceptors (Lipinski definition) is 9. The van der Waals surface area contributed by atoms with Gasteiger partial charge in [-0.15, -0.1) is 5.10 Å². The Morgan fingerprint density at radius 2 is 1.29 bits per heavy atom. The molecular weight excluding hydrogens is 778 g/mol. The molecule has 0 radical (unpaired) electrons. The predicted octanol–water partition coefficient (Wildman–Crippen LogP) is 8.38. The summed E-state index contributed by atoms with van der Waals surface area (Å²) in [5, 5.41) is 34.5. The van der Waals surface area contributed by atoms with Gasteiger partial charge in [0.15, 0.2) is 11.6 Å². The lowest BCUT2D eigenvalue weighted by molar-refractivity contribution is -0.384. The number of carbonyl (C=O) groups excluding carboxylic acids is 1. The van der Waals surface area contributed by atoms with Crippen molar-refractivity contribution >= 4 is 66.9 Å². The molecule has 0 aliphatic carbocycles. The lowest BCUT2D eigenvalue weighted by atomic mass is 9.87. The number of nitrogens with zero attached hydrogens (tertiary/aromatic N) is 6. The van der Waals surface area contributed by atoms with Crippen molar-refractivity contribution in [1.29, 1.82) is 0 Å². The van der Waals surface area contributed by atoms with Crippen molar-refractivity contribution in [3.63, 3.8) is 0 Å². The summed E-state index contributed by atoms with van der Waals surface area (Å²) in [6.45, 7) is 14.7. The zero-order chi connectivity index (χ0) is 40.5. The Hall–Kier alpha value is -6.48. The third kappa shape index (κ3) is 8.27. The first-order valence-electron chi connectivity index (χ1n) is 17.6. The fourth-order valence-corrected chi connectivity index (χ4v) is 6.44. The summed E-state index contributed by atoms with van der Waals surface area (Å²) in [6.07, 6.45) is 0.581. The fraction of sp³-hybridized carbons (Fsp3) is 0.220. The number of non-ortho nitro benzene ring substituents is 1. The van der Waals surface area contributed by atoms with Gasteiger partial charge in [0, 0.05) is 40.4 Å². The van der Waals surface area contributed by atoms with Crippen LogP contribution in [0.2, 0.25) is 0 Å². The van der Waals surface area contributed by atoms with Crippen LogP contribution in [0.5, 0.6) is 0 Å². The number of hydrogen-bond donors (Lipinski definition) is 3. The van der Waals surface area contributed by atoms with Crippen molar-refractivity contribution < 1.29 is 9.72 Å². The fourth-order valence-electron chi connectivity index (χ4n) is 5.95. The molecule has 3 N–H and O–H groups in total. The first-order valence-corrected chi connectivity index (χ1v) is 18.4. The number of nitro groups is 1. The van der Waals surface area contributed by atoms with E-state index in [1.165, 1.54) is 27.6 Å². The highest BCUT2D eigenvalue weighted by atomic mass is 79.9. The van der Waals surface area contributed by atoms with Crippen LogP contribution in [0, 0.1) is 17.0 Å². The number of halogens is 1. The number of nitrogens with one attached hydrogen (secondary N) is 3. The Bertz CT molecular complexity index is 2720. The minimum atomic E-state index is -0.497. The zero-order valence-corrected chi connectivity index (χ0v) is 33.4. The molecule has 1 amide bonds. The predicted molar refractivity (Wildman–Crippen MR) is 223 cm³/mol. The van der Waals surface area contributed by atoms with Crippen molar-refractivity contribution in [3.8, 4) is 11.4 Å². The van der Waals surface area contributed by atoms with Crippen LogP contribution >= 0.6 is 15.9 Å². The molecule has 0 bridgehead atoms. The molecule has 0 aliphatic heterocycles. The third-order valence-corrected chi connectivity index (χ3v) is 9.66. The second-order valence-corrected chi connectivity index (χ2v) is 16.0. The SMILES string of the molecule is CC(C)(C)c1ccc(-n2nc(Br)c3cc([N+](=O)[O-])ccc3c2=O)cc1.Cc1cc(Nc2nn(-c3ccc(C(C)(C)C)cc3)c(=O)c3cc(NC=O)ccc23)n[nH]1. The number of fused-ring (bicyclic) bond motifs is 2. The molecule has 0 fully saturated rings. The van der Waals surface area contributed by atoms with Crippen LogP contribution in [0.1, 0.15) is 58.4 Å². The van der Waals surface area contributed by atoms with E-state index in [2.05, 4.69) is 88.5 Å². The molecule has 7 rings (SSSR count). The van der Waals surface area contributed by atoms with Gasteiger partial charge >= 0.3 is 0 Å². The average molecular weight is 819 g/mol. The average Bonchev–Trinajstić information content (AvgIpc) is 3.57. The first kappa shape index (κ1) is 39.2. The van der Waals surface area contributed by atoms with Gasteiger partial charge in [-0.1, -0.05) is 65.8 Å². The van der Waals surface area contributed by atoms with Gasteiger partial charge in [0.05, 0.1) is 27.1 Å². The van der Waals surface area contributed by atoms with Crippen LogP contribution in [-0.4, -0.2) is 41.1 Å². The van der Waals surface area contributed by atoms with E-state index < -0.39 is 4.92 Å². The summed E-state index contributed by atoms with van der Waals surface area (Å²) in [6, 6.07) is 26.5. The molecule has 7 aromatic rings. The summed E-state index contributed by atoms with van der Waals surface area (Å²) < 4.78 is 3.04. The number of aryl methyl sites for hydroxylation is 1. The van der Waals surface area contributed by atoms with Gasteiger partial charge in [-0.25, -0.2) is 0 Å². The maximum Gasteiger partial charge on any atom is 0.279 e. The summed E-state index contributed by atoms with van der Waals surface area (Å²) in [5.74, 6) is 1.08. The number of aromatic nitrogens is 6. The molecule has 0 saturated carbocycles. The Kier molecular flexibility index (Phi) is 10.7. The van der Waals surface area contributed by atoms with Crippen molar-refractivity contribution in [2.75, 3.05) is 10.6 Å². The standard InChI is InChI=1S/C23H24N6O2.C18H16BrN3O3/c1-14-11-20(27-26-14)25-21-18-10-7-16(24-13-30)12-19(18)22(31)29(28-21)17-8-5-15(6-9-17)23(2,3)4;1-18(2,3)11-4-6-12(7-5-11)21-17(23)14-9-8-13(22(24)25)10-15(14)16(19)20-21/h5-13H,1-4H3,(H,24,30)(H2,25,26,27,28);4-10H,1-3H3. The maximum absolute atomic E-state index is 13.3. The van der Waals surface area contributed by atoms with Crippen molar-refractivity contribution in [2.45, 2.75) is 59.3 Å². The molecule has 0 aliphatic rings. The second-order valence-electron chi connectivity index (χ2n) is 15.2. The number of amides is 1. The minimum Gasteiger partial charge on any atom is -0.329 e. The quantitative estimate of drug-likeness (QED) is 0.0808. The molecular formula is C41H40BrN9O5. The van der Waals surface area contributed by atoms with Crippen LogP contribution < -0.4 is 21.8 Å². The van der Waals surface area contributed by atoms with Gasteiger partial charge in [0.1, 0.15) is 4.60 Å². The normalized spacial score (nSPS) is 11.6. The van der Waals surface area contributed by atoms with Gasteiger partial charge in [-0.2, -0.15) is 19.6 Å². The van der Waals surface area contributed by atoms with Gasteiger partial charge in [-0.3, -0.25) is 29.6 Å². The Morgan fingerprint density at radius 3 is 1.80 bits per heavy atom. The zero-order valence-electron chi connectivity index (χ0n) is 31.8.